The van der Waals surface area contributed by atoms with Gasteiger partial charge in [-0.25, -0.2) is 0 Å². The van der Waals surface area contributed by atoms with E-state index in [0.717, 1.165) is 0 Å². The van der Waals surface area contributed by atoms with E-state index in [4.69, 9.17) is 27.5 Å². The van der Waals surface area contributed by atoms with Gasteiger partial charge in [0.2, 0.25) is 0 Å². The van der Waals surface area contributed by atoms with Crippen LogP contribution in [0.3, 0.4) is 0 Å². The van der Waals surface area contributed by atoms with Crippen LogP contribution in [0, 0.1) is 5.41 Å². The molecule has 0 radical (unpaired) electrons. The third kappa shape index (κ3) is 3.37. The molecule has 0 aromatic heterocycles. The zero-order valence-electron chi connectivity index (χ0n) is 11.2. The van der Waals surface area contributed by atoms with E-state index in [-0.39, 0.29) is 11.4 Å². The van der Waals surface area contributed by atoms with Crippen LogP contribution in [0.4, 0.5) is 0 Å². The minimum Gasteiger partial charge on any atom is -0.491 e. The van der Waals surface area contributed by atoms with E-state index in [1.165, 1.54) is 0 Å². The maximum Gasteiger partial charge on any atom is 0.131 e. The Morgan fingerprint density at radius 1 is 1.44 bits per heavy atom. The second-order valence-corrected chi connectivity index (χ2v) is 5.43. The molecule has 0 aliphatic heterocycles. The van der Waals surface area contributed by atoms with Gasteiger partial charge in [0.15, 0.2) is 0 Å². The SMILES string of the molecule is CN(C)C(C)(C)COc1cccc(Cl)c1C(=N)N. The maximum atomic E-state index is 7.54. The summed E-state index contributed by atoms with van der Waals surface area (Å²) >= 11 is 6.03. The van der Waals surface area contributed by atoms with Gasteiger partial charge in [0.25, 0.3) is 0 Å². The second kappa shape index (κ2) is 5.59. The lowest BCUT2D eigenvalue weighted by atomic mass is 10.1. The number of rotatable bonds is 5. The summed E-state index contributed by atoms with van der Waals surface area (Å²) in [6.45, 7) is 4.64. The minimum atomic E-state index is -0.115. The molecule has 0 fully saturated rings. The number of hydrogen-bond acceptors (Lipinski definition) is 3. The summed E-state index contributed by atoms with van der Waals surface area (Å²) in [5, 5.41) is 7.97. The van der Waals surface area contributed by atoms with Crippen LogP contribution in [0.25, 0.3) is 0 Å². The van der Waals surface area contributed by atoms with Crippen molar-refractivity contribution in [3.05, 3.63) is 28.8 Å². The molecule has 0 amide bonds. The Bertz CT molecular complexity index is 444. The number of nitrogens with two attached hydrogens (primary N) is 1. The van der Waals surface area contributed by atoms with Crippen LogP contribution >= 0.6 is 11.6 Å². The van der Waals surface area contributed by atoms with Gasteiger partial charge in [-0.05, 0) is 40.1 Å². The summed E-state index contributed by atoms with van der Waals surface area (Å²) in [6.07, 6.45) is 0. The number of hydrogen-bond donors (Lipinski definition) is 2. The van der Waals surface area contributed by atoms with Crippen molar-refractivity contribution in [3.63, 3.8) is 0 Å². The van der Waals surface area contributed by atoms with Crippen LogP contribution in [0.1, 0.15) is 19.4 Å². The molecule has 0 heterocycles. The third-order valence-electron chi connectivity index (χ3n) is 3.04. The van der Waals surface area contributed by atoms with E-state index in [9.17, 15) is 0 Å². The molecule has 0 saturated carbocycles. The molecule has 0 atom stereocenters. The molecule has 1 aromatic carbocycles. The fourth-order valence-corrected chi connectivity index (χ4v) is 1.54. The summed E-state index contributed by atoms with van der Waals surface area (Å²) in [5.41, 5.74) is 5.86. The van der Waals surface area contributed by atoms with Gasteiger partial charge in [-0.1, -0.05) is 17.7 Å². The largest absolute Gasteiger partial charge is 0.491 e. The van der Waals surface area contributed by atoms with E-state index in [0.29, 0.717) is 22.9 Å². The van der Waals surface area contributed by atoms with Crippen LogP contribution in [-0.4, -0.2) is 37.0 Å². The van der Waals surface area contributed by atoms with Crippen LogP contribution in [0.15, 0.2) is 18.2 Å². The monoisotopic (exact) mass is 269 g/mol. The van der Waals surface area contributed by atoms with Crippen molar-refractivity contribution >= 4 is 17.4 Å². The second-order valence-electron chi connectivity index (χ2n) is 5.02. The third-order valence-corrected chi connectivity index (χ3v) is 3.35. The molecule has 3 N–H and O–H groups in total. The summed E-state index contributed by atoms with van der Waals surface area (Å²) in [6, 6.07) is 5.25. The molecule has 1 rings (SSSR count). The summed E-state index contributed by atoms with van der Waals surface area (Å²) in [7, 11) is 3.99. The van der Waals surface area contributed by atoms with Gasteiger partial charge >= 0.3 is 0 Å². The van der Waals surface area contributed by atoms with Crippen LogP contribution < -0.4 is 10.5 Å². The lowest BCUT2D eigenvalue weighted by molar-refractivity contribution is 0.114. The van der Waals surface area contributed by atoms with Crippen molar-refractivity contribution in [2.75, 3.05) is 20.7 Å². The maximum absolute atomic E-state index is 7.54. The first-order valence-corrected chi connectivity index (χ1v) is 6.06. The smallest absolute Gasteiger partial charge is 0.131 e. The van der Waals surface area contributed by atoms with Crippen LogP contribution in [0.2, 0.25) is 5.02 Å². The Labute approximate surface area is 113 Å². The van der Waals surface area contributed by atoms with E-state index in [2.05, 4.69) is 18.7 Å². The predicted molar refractivity (Wildman–Crippen MR) is 75.7 cm³/mol. The molecule has 5 heteroatoms. The number of nitrogens with one attached hydrogen (secondary N) is 1. The molecule has 100 valence electrons. The summed E-state index contributed by atoms with van der Waals surface area (Å²) < 4.78 is 5.76. The van der Waals surface area contributed by atoms with E-state index in [1.54, 1.807) is 18.2 Å². The Balaban J connectivity index is 2.92. The van der Waals surface area contributed by atoms with Crippen molar-refractivity contribution in [1.29, 1.82) is 5.41 Å². The zero-order chi connectivity index (χ0) is 13.9. The molecule has 0 bridgehead atoms. The normalized spacial score (nSPS) is 11.7. The molecule has 0 saturated heterocycles. The molecule has 1 aromatic rings. The first-order valence-electron chi connectivity index (χ1n) is 5.69. The van der Waals surface area contributed by atoms with Gasteiger partial charge < -0.3 is 15.4 Å². The van der Waals surface area contributed by atoms with Crippen molar-refractivity contribution in [2.45, 2.75) is 19.4 Å². The molecule has 0 aliphatic carbocycles. The first-order chi connectivity index (χ1) is 8.25. The minimum absolute atomic E-state index is 0.0849. The number of nitrogens with zero attached hydrogens (tertiary/aromatic N) is 1. The van der Waals surface area contributed by atoms with E-state index in [1.807, 2.05) is 14.1 Å². The standard InChI is InChI=1S/C13H20ClN3O/c1-13(2,17(3)4)8-18-10-7-5-6-9(14)11(10)12(15)16/h5-7H,8H2,1-4H3,(H3,15,16). The first kappa shape index (κ1) is 14.8. The highest BCUT2D eigenvalue weighted by Crippen LogP contribution is 2.26. The van der Waals surface area contributed by atoms with Gasteiger partial charge in [-0.2, -0.15) is 0 Å². The molecule has 0 unspecified atom stereocenters. The average molecular weight is 270 g/mol. The van der Waals surface area contributed by atoms with Gasteiger partial charge in [0.05, 0.1) is 10.6 Å². The number of halogens is 1. The van der Waals surface area contributed by atoms with Crippen molar-refractivity contribution < 1.29 is 4.74 Å². The van der Waals surface area contributed by atoms with Gasteiger partial charge in [0, 0.05) is 5.54 Å². The highest BCUT2D eigenvalue weighted by atomic mass is 35.5. The molecule has 4 nitrogen and oxygen atoms in total. The Morgan fingerprint density at radius 2 is 2.06 bits per heavy atom. The number of benzene rings is 1. The van der Waals surface area contributed by atoms with Gasteiger partial charge in [0.1, 0.15) is 18.2 Å². The lowest BCUT2D eigenvalue weighted by Gasteiger charge is -2.32. The molecule has 0 aliphatic rings. The highest BCUT2D eigenvalue weighted by Gasteiger charge is 2.22. The molecular weight excluding hydrogens is 250 g/mol. The number of nitrogen functional groups attached to an aromatic ring is 1. The average Bonchev–Trinajstić information content (AvgIpc) is 2.25. The molecular formula is C13H20ClN3O. The van der Waals surface area contributed by atoms with Crippen molar-refractivity contribution in [2.24, 2.45) is 5.73 Å². The molecule has 0 spiro atoms. The van der Waals surface area contributed by atoms with E-state index >= 15 is 0 Å². The van der Waals surface area contributed by atoms with Crippen molar-refractivity contribution in [3.8, 4) is 5.75 Å². The molecule has 18 heavy (non-hydrogen) atoms. The topological polar surface area (TPSA) is 62.3 Å². The van der Waals surface area contributed by atoms with E-state index < -0.39 is 0 Å². The van der Waals surface area contributed by atoms with Gasteiger partial charge in [-0.3, -0.25) is 5.41 Å². The zero-order valence-corrected chi connectivity index (χ0v) is 12.0. The van der Waals surface area contributed by atoms with Gasteiger partial charge in [-0.15, -0.1) is 0 Å². The Morgan fingerprint density at radius 3 is 2.56 bits per heavy atom. The predicted octanol–water partition coefficient (Wildman–Crippen LogP) is 2.34. The summed E-state index contributed by atoms with van der Waals surface area (Å²) in [4.78, 5) is 2.07. The number of ether oxygens (including phenoxy) is 1. The highest BCUT2D eigenvalue weighted by molar-refractivity contribution is 6.34. The van der Waals surface area contributed by atoms with Crippen LogP contribution in [-0.2, 0) is 0 Å². The fourth-order valence-electron chi connectivity index (χ4n) is 1.27. The Hall–Kier alpha value is -1.26. The number of likely N-dealkylation sites (N-methyl/N-ethyl adjacent to an activating group) is 1. The Kier molecular flexibility index (Phi) is 4.59. The summed E-state index contributed by atoms with van der Waals surface area (Å²) in [5.74, 6) is 0.461. The van der Waals surface area contributed by atoms with Crippen LogP contribution in [0.5, 0.6) is 5.75 Å². The quantitative estimate of drug-likeness (QED) is 0.637. The fraction of sp³-hybridized carbons (Fsp3) is 0.462. The van der Waals surface area contributed by atoms with Crippen molar-refractivity contribution in [1.82, 2.24) is 4.90 Å². The number of amidine groups is 1. The lowest BCUT2D eigenvalue weighted by Crippen LogP contribution is -2.43.